The predicted octanol–water partition coefficient (Wildman–Crippen LogP) is 0.429. The van der Waals surface area contributed by atoms with Gasteiger partial charge in [0.15, 0.2) is 11.3 Å². The monoisotopic (exact) mass is 215 g/mol. The Morgan fingerprint density at radius 2 is 2.14 bits per heavy atom. The van der Waals surface area contributed by atoms with Gasteiger partial charge in [-0.15, -0.1) is 0 Å². The first-order valence-corrected chi connectivity index (χ1v) is 5.14. The van der Waals surface area contributed by atoms with Gasteiger partial charge in [0.25, 0.3) is 0 Å². The second-order valence-electron chi connectivity index (χ2n) is 2.53. The van der Waals surface area contributed by atoms with Gasteiger partial charge in [0, 0.05) is 0 Å². The standard InChI is InChI=1S/C6H6N3O4P/c10-14(11,12)13-5-3-1-2-4-6(5)8-9-7-4/h1-3H,(H,7,8,9)(H2,10,11,12). The van der Waals surface area contributed by atoms with E-state index in [0.29, 0.717) is 5.52 Å². The smallest absolute Gasteiger partial charge is 0.402 e. The molecule has 0 amide bonds. The predicted molar refractivity (Wildman–Crippen MR) is 46.6 cm³/mol. The number of nitrogens with zero attached hydrogens (tertiary/aromatic N) is 2. The number of para-hydroxylation sites is 1. The Hall–Kier alpha value is -1.43. The lowest BCUT2D eigenvalue weighted by molar-refractivity contribution is 0.284. The summed E-state index contributed by atoms with van der Waals surface area (Å²) in [5.41, 5.74) is 0.770. The number of phosphoric acid groups is 1. The molecule has 0 unspecified atom stereocenters. The third-order valence-corrected chi connectivity index (χ3v) is 1.96. The summed E-state index contributed by atoms with van der Waals surface area (Å²) in [6, 6.07) is 4.62. The zero-order chi connectivity index (χ0) is 10.2. The number of hydrogen-bond acceptors (Lipinski definition) is 4. The Labute approximate surface area is 78.0 Å². The van der Waals surface area contributed by atoms with E-state index < -0.39 is 7.82 Å². The first-order valence-electron chi connectivity index (χ1n) is 3.61. The molecular formula is C6H6N3O4P. The van der Waals surface area contributed by atoms with E-state index in [2.05, 4.69) is 19.9 Å². The van der Waals surface area contributed by atoms with Crippen LogP contribution in [0.1, 0.15) is 0 Å². The summed E-state index contributed by atoms with van der Waals surface area (Å²) in [5, 5.41) is 9.77. The number of phosphoric ester groups is 1. The van der Waals surface area contributed by atoms with Crippen LogP contribution >= 0.6 is 7.82 Å². The van der Waals surface area contributed by atoms with Crippen molar-refractivity contribution in [1.29, 1.82) is 0 Å². The second kappa shape index (κ2) is 3.06. The Morgan fingerprint density at radius 1 is 1.36 bits per heavy atom. The van der Waals surface area contributed by atoms with Crippen molar-refractivity contribution in [2.75, 3.05) is 0 Å². The van der Waals surface area contributed by atoms with Gasteiger partial charge in [-0.25, -0.2) is 4.57 Å². The number of aromatic amines is 1. The van der Waals surface area contributed by atoms with Crippen molar-refractivity contribution in [1.82, 2.24) is 15.4 Å². The van der Waals surface area contributed by atoms with Crippen molar-refractivity contribution < 1.29 is 18.9 Å². The van der Waals surface area contributed by atoms with Crippen LogP contribution in [0.5, 0.6) is 5.75 Å². The summed E-state index contributed by atoms with van der Waals surface area (Å²) in [7, 11) is -4.55. The van der Waals surface area contributed by atoms with Gasteiger partial charge in [0.1, 0.15) is 5.52 Å². The number of aromatic nitrogens is 3. The lowest BCUT2D eigenvalue weighted by Gasteiger charge is -2.05. The summed E-state index contributed by atoms with van der Waals surface area (Å²) in [6.07, 6.45) is 0. The van der Waals surface area contributed by atoms with Gasteiger partial charge in [-0.3, -0.25) is 9.79 Å². The molecule has 0 atom stereocenters. The molecule has 8 heteroatoms. The van der Waals surface area contributed by atoms with Crippen molar-refractivity contribution in [2.45, 2.75) is 0 Å². The first kappa shape index (κ1) is 9.14. The summed E-state index contributed by atoms with van der Waals surface area (Å²) < 4.78 is 15.0. The average molecular weight is 215 g/mol. The van der Waals surface area contributed by atoms with Gasteiger partial charge >= 0.3 is 7.82 Å². The van der Waals surface area contributed by atoms with Crippen LogP contribution in [-0.2, 0) is 4.57 Å². The van der Waals surface area contributed by atoms with Crippen molar-refractivity contribution >= 4 is 18.9 Å². The summed E-state index contributed by atoms with van der Waals surface area (Å²) in [5.74, 6) is 0.00424. The molecule has 0 bridgehead atoms. The fraction of sp³-hybridized carbons (Fsp3) is 0. The summed E-state index contributed by atoms with van der Waals surface area (Å²) in [4.78, 5) is 17.2. The summed E-state index contributed by atoms with van der Waals surface area (Å²) in [6.45, 7) is 0. The second-order valence-corrected chi connectivity index (χ2v) is 3.69. The van der Waals surface area contributed by atoms with E-state index in [1.165, 1.54) is 6.07 Å². The van der Waals surface area contributed by atoms with Crippen LogP contribution in [0.15, 0.2) is 18.2 Å². The average Bonchev–Trinajstić information content (AvgIpc) is 2.49. The molecule has 7 nitrogen and oxygen atoms in total. The highest BCUT2D eigenvalue weighted by molar-refractivity contribution is 7.46. The first-order chi connectivity index (χ1) is 6.56. The van der Waals surface area contributed by atoms with E-state index in [1.54, 1.807) is 12.1 Å². The van der Waals surface area contributed by atoms with Crippen molar-refractivity contribution in [2.24, 2.45) is 0 Å². The zero-order valence-electron chi connectivity index (χ0n) is 6.78. The largest absolute Gasteiger partial charge is 0.524 e. The van der Waals surface area contributed by atoms with E-state index in [9.17, 15) is 4.57 Å². The quantitative estimate of drug-likeness (QED) is 0.627. The number of H-pyrrole nitrogens is 1. The molecule has 0 aliphatic heterocycles. The van der Waals surface area contributed by atoms with E-state index in [4.69, 9.17) is 9.79 Å². The molecule has 0 fully saturated rings. The van der Waals surface area contributed by atoms with Crippen LogP contribution in [0, 0.1) is 0 Å². The highest BCUT2D eigenvalue weighted by Crippen LogP contribution is 2.39. The molecule has 2 aromatic rings. The normalized spacial score (nSPS) is 11.9. The lowest BCUT2D eigenvalue weighted by Crippen LogP contribution is -1.90. The minimum atomic E-state index is -4.55. The molecule has 0 saturated carbocycles. The van der Waals surface area contributed by atoms with E-state index in [0.717, 1.165) is 0 Å². The highest BCUT2D eigenvalue weighted by atomic mass is 31.2. The molecule has 1 aromatic heterocycles. The third-order valence-electron chi connectivity index (χ3n) is 1.53. The van der Waals surface area contributed by atoms with Gasteiger partial charge in [0.2, 0.25) is 0 Å². The molecule has 3 N–H and O–H groups in total. The molecule has 2 rings (SSSR count). The molecule has 74 valence electrons. The van der Waals surface area contributed by atoms with Crippen molar-refractivity contribution in [3.63, 3.8) is 0 Å². The van der Waals surface area contributed by atoms with E-state index >= 15 is 0 Å². The van der Waals surface area contributed by atoms with Gasteiger partial charge in [-0.2, -0.15) is 15.4 Å². The van der Waals surface area contributed by atoms with E-state index in [-0.39, 0.29) is 11.3 Å². The molecule has 0 spiro atoms. The van der Waals surface area contributed by atoms with Gasteiger partial charge < -0.3 is 4.52 Å². The maximum atomic E-state index is 10.6. The molecule has 0 radical (unpaired) electrons. The fourth-order valence-corrected chi connectivity index (χ4v) is 1.45. The SMILES string of the molecule is O=P(O)(O)Oc1cccc2n[nH]nc12. The number of fused-ring (bicyclic) bond motifs is 1. The van der Waals surface area contributed by atoms with Crippen LogP contribution in [0.4, 0.5) is 0 Å². The maximum Gasteiger partial charge on any atom is 0.524 e. The third kappa shape index (κ3) is 1.74. The Morgan fingerprint density at radius 3 is 2.86 bits per heavy atom. The molecule has 1 heterocycles. The Balaban J connectivity index is 2.52. The Kier molecular flexibility index (Phi) is 1.99. The van der Waals surface area contributed by atoms with Crippen LogP contribution in [0.25, 0.3) is 11.0 Å². The van der Waals surface area contributed by atoms with Crippen LogP contribution in [0.2, 0.25) is 0 Å². The van der Waals surface area contributed by atoms with Crippen molar-refractivity contribution in [3.8, 4) is 5.75 Å². The maximum absolute atomic E-state index is 10.6. The minimum Gasteiger partial charge on any atom is -0.402 e. The molecular weight excluding hydrogens is 209 g/mol. The van der Waals surface area contributed by atoms with Crippen molar-refractivity contribution in [3.05, 3.63) is 18.2 Å². The Bertz CT molecular complexity index is 505. The summed E-state index contributed by atoms with van der Waals surface area (Å²) >= 11 is 0. The number of nitrogens with one attached hydrogen (secondary N) is 1. The number of hydrogen-bond donors (Lipinski definition) is 3. The topological polar surface area (TPSA) is 108 Å². The van der Waals surface area contributed by atoms with Crippen LogP contribution in [-0.4, -0.2) is 25.2 Å². The molecule has 1 aromatic carbocycles. The molecule has 0 aliphatic carbocycles. The minimum absolute atomic E-state index is 0.00424. The molecule has 0 saturated heterocycles. The molecule has 0 aliphatic rings. The molecule has 14 heavy (non-hydrogen) atoms. The van der Waals surface area contributed by atoms with Gasteiger partial charge in [0.05, 0.1) is 0 Å². The van der Waals surface area contributed by atoms with Gasteiger partial charge in [-0.05, 0) is 12.1 Å². The highest BCUT2D eigenvalue weighted by Gasteiger charge is 2.18. The van der Waals surface area contributed by atoms with Crippen LogP contribution < -0.4 is 4.52 Å². The van der Waals surface area contributed by atoms with Crippen LogP contribution in [0.3, 0.4) is 0 Å². The number of benzene rings is 1. The van der Waals surface area contributed by atoms with Gasteiger partial charge in [-0.1, -0.05) is 6.07 Å². The lowest BCUT2D eigenvalue weighted by atomic mass is 10.3. The number of rotatable bonds is 2. The zero-order valence-corrected chi connectivity index (χ0v) is 7.68. The van der Waals surface area contributed by atoms with E-state index in [1.807, 2.05) is 0 Å². The fourth-order valence-electron chi connectivity index (χ4n) is 1.04.